The molecule has 0 bridgehead atoms. The number of fused-ring (bicyclic) bond motifs is 2. The van der Waals surface area contributed by atoms with Crippen molar-refractivity contribution in [3.63, 3.8) is 0 Å². The van der Waals surface area contributed by atoms with Crippen LogP contribution in [0.2, 0.25) is 0 Å². The lowest BCUT2D eigenvalue weighted by atomic mass is 10.2. The van der Waals surface area contributed by atoms with Gasteiger partial charge in [-0.1, -0.05) is 47.2 Å². The molecule has 0 saturated heterocycles. The van der Waals surface area contributed by atoms with E-state index in [1.165, 1.54) is 29.5 Å². The van der Waals surface area contributed by atoms with Crippen molar-refractivity contribution in [2.45, 2.75) is 18.4 Å². The first-order valence-electron chi connectivity index (χ1n) is 10.7. The Morgan fingerprint density at radius 2 is 1.86 bits per heavy atom. The molecule has 178 valence electrons. The van der Waals surface area contributed by atoms with Gasteiger partial charge in [-0.2, -0.15) is 4.99 Å². The number of nitrogens with zero attached hydrogens (tertiary/aromatic N) is 2. The number of aromatic nitrogens is 1. The number of sulfonamides is 1. The Balaban J connectivity index is 1.54. The van der Waals surface area contributed by atoms with Crippen LogP contribution in [0.4, 0.5) is 5.69 Å². The van der Waals surface area contributed by atoms with Gasteiger partial charge in [-0.3, -0.25) is 9.52 Å². The van der Waals surface area contributed by atoms with E-state index in [0.29, 0.717) is 22.8 Å². The molecule has 3 aromatic carbocycles. The number of ether oxygens (including phenoxy) is 2. The van der Waals surface area contributed by atoms with E-state index in [-0.39, 0.29) is 22.9 Å². The van der Waals surface area contributed by atoms with E-state index in [1.807, 2.05) is 23.6 Å². The zero-order valence-corrected chi connectivity index (χ0v) is 20.4. The average molecular weight is 508 g/mol. The van der Waals surface area contributed by atoms with Crippen molar-refractivity contribution >= 4 is 43.2 Å². The molecule has 4 aromatic rings. The zero-order valence-electron chi connectivity index (χ0n) is 18.7. The number of nitrogens with one attached hydrogen (secondary N) is 1. The maximum atomic E-state index is 13.3. The first kappa shape index (κ1) is 22.9. The Morgan fingerprint density at radius 1 is 1.14 bits per heavy atom. The molecular weight excluding hydrogens is 486 g/mol. The number of benzene rings is 3. The fourth-order valence-electron chi connectivity index (χ4n) is 3.68. The molecular formula is C25H21N3O5S2. The zero-order chi connectivity index (χ0) is 24.6. The van der Waals surface area contributed by atoms with Gasteiger partial charge in [0.05, 0.1) is 26.4 Å². The number of carbonyl (C=O) groups excluding carboxylic acids is 1. The number of aryl methyl sites for hydroxylation is 1. The van der Waals surface area contributed by atoms with Crippen LogP contribution in [-0.4, -0.2) is 25.7 Å². The lowest BCUT2D eigenvalue weighted by Crippen LogP contribution is -2.18. The second-order valence-electron chi connectivity index (χ2n) is 7.84. The summed E-state index contributed by atoms with van der Waals surface area (Å²) in [6.45, 7) is 6.27. The van der Waals surface area contributed by atoms with Gasteiger partial charge in [0.1, 0.15) is 0 Å². The number of allylic oxidation sites excluding steroid dienone is 1. The van der Waals surface area contributed by atoms with Crippen LogP contribution in [0.25, 0.3) is 10.2 Å². The molecule has 0 radical (unpaired) electrons. The van der Waals surface area contributed by atoms with Gasteiger partial charge in [-0.25, -0.2) is 8.42 Å². The lowest BCUT2D eigenvalue weighted by Gasteiger charge is -2.11. The summed E-state index contributed by atoms with van der Waals surface area (Å²) in [5.74, 6) is 0.691. The van der Waals surface area contributed by atoms with Crippen molar-refractivity contribution < 1.29 is 22.7 Å². The molecule has 0 fully saturated rings. The molecule has 1 amide bonds. The molecule has 0 unspecified atom stereocenters. The second-order valence-corrected chi connectivity index (χ2v) is 10.5. The number of carbonyl (C=O) groups is 1. The summed E-state index contributed by atoms with van der Waals surface area (Å²) >= 11 is 1.32. The van der Waals surface area contributed by atoms with Crippen molar-refractivity contribution in [3.8, 4) is 11.5 Å². The smallest absolute Gasteiger partial charge is 0.281 e. The van der Waals surface area contributed by atoms with Crippen molar-refractivity contribution in [1.82, 2.24) is 4.57 Å². The monoisotopic (exact) mass is 507 g/mol. The second kappa shape index (κ2) is 9.05. The third-order valence-electron chi connectivity index (χ3n) is 5.42. The average Bonchev–Trinajstić information content (AvgIpc) is 3.42. The van der Waals surface area contributed by atoms with E-state index in [0.717, 1.165) is 15.8 Å². The largest absolute Gasteiger partial charge is 0.454 e. The predicted octanol–water partition coefficient (Wildman–Crippen LogP) is 4.47. The van der Waals surface area contributed by atoms with Gasteiger partial charge in [0, 0.05) is 18.7 Å². The van der Waals surface area contributed by atoms with Crippen LogP contribution in [0.5, 0.6) is 11.5 Å². The summed E-state index contributed by atoms with van der Waals surface area (Å²) in [6, 6.07) is 16.6. The van der Waals surface area contributed by atoms with Crippen LogP contribution < -0.4 is 19.0 Å². The third-order valence-corrected chi connectivity index (χ3v) is 7.84. The van der Waals surface area contributed by atoms with Crippen LogP contribution in [0.3, 0.4) is 0 Å². The molecule has 1 N–H and O–H groups in total. The van der Waals surface area contributed by atoms with E-state index in [4.69, 9.17) is 9.47 Å². The van der Waals surface area contributed by atoms with E-state index in [1.54, 1.807) is 36.4 Å². The van der Waals surface area contributed by atoms with Gasteiger partial charge < -0.3 is 14.0 Å². The van der Waals surface area contributed by atoms with Crippen molar-refractivity contribution in [2.24, 2.45) is 4.99 Å². The summed E-state index contributed by atoms with van der Waals surface area (Å²) in [5, 5.41) is 0. The van der Waals surface area contributed by atoms with Crippen molar-refractivity contribution in [2.75, 3.05) is 11.5 Å². The highest BCUT2D eigenvalue weighted by molar-refractivity contribution is 7.92. The summed E-state index contributed by atoms with van der Waals surface area (Å²) in [4.78, 5) is 18.1. The number of hydrogen-bond donors (Lipinski definition) is 1. The lowest BCUT2D eigenvalue weighted by molar-refractivity contribution is 0.0998. The standard InChI is InChI=1S/C25H21N3O5S2/c1-3-12-28-20-13-21-22(33-15-32-21)14-23(20)34-25(28)26-24(29)18-6-4-5-7-19(18)27-35(30,31)17-10-8-16(2)9-11-17/h3-11,13-14,27H,1,12,15H2,2H3. The predicted molar refractivity (Wildman–Crippen MR) is 134 cm³/mol. The van der Waals surface area contributed by atoms with Gasteiger partial charge in [-0.05, 0) is 31.2 Å². The van der Waals surface area contributed by atoms with Crippen LogP contribution in [0, 0.1) is 6.92 Å². The van der Waals surface area contributed by atoms with Crippen LogP contribution in [-0.2, 0) is 16.6 Å². The number of thiazole rings is 1. The van der Waals surface area contributed by atoms with Crippen LogP contribution >= 0.6 is 11.3 Å². The highest BCUT2D eigenvalue weighted by Crippen LogP contribution is 2.37. The maximum absolute atomic E-state index is 13.3. The maximum Gasteiger partial charge on any atom is 0.281 e. The van der Waals surface area contributed by atoms with Crippen molar-refractivity contribution in [3.05, 3.63) is 89.2 Å². The highest BCUT2D eigenvalue weighted by Gasteiger charge is 2.20. The first-order chi connectivity index (χ1) is 16.9. The van der Waals surface area contributed by atoms with E-state index in [2.05, 4.69) is 16.3 Å². The Hall–Kier alpha value is -3.89. The van der Waals surface area contributed by atoms with E-state index in [9.17, 15) is 13.2 Å². The molecule has 35 heavy (non-hydrogen) atoms. The molecule has 1 aromatic heterocycles. The van der Waals surface area contributed by atoms with Gasteiger partial charge in [0.15, 0.2) is 16.3 Å². The highest BCUT2D eigenvalue weighted by atomic mass is 32.2. The molecule has 10 heteroatoms. The van der Waals surface area contributed by atoms with E-state index < -0.39 is 15.9 Å². The number of para-hydroxylation sites is 1. The minimum Gasteiger partial charge on any atom is -0.454 e. The van der Waals surface area contributed by atoms with Gasteiger partial charge in [0.2, 0.25) is 6.79 Å². The molecule has 1 aliphatic heterocycles. The summed E-state index contributed by atoms with van der Waals surface area (Å²) < 4.78 is 42.0. The van der Waals surface area contributed by atoms with Crippen LogP contribution in [0.1, 0.15) is 15.9 Å². The molecule has 0 atom stereocenters. The SMILES string of the molecule is C=CCn1c(=NC(=O)c2ccccc2NS(=O)(=O)c2ccc(C)cc2)sc2cc3c(cc21)OCO3. The minimum atomic E-state index is -3.89. The van der Waals surface area contributed by atoms with Gasteiger partial charge in [-0.15, -0.1) is 6.58 Å². The quantitative estimate of drug-likeness (QED) is 0.388. The molecule has 0 aliphatic carbocycles. The summed E-state index contributed by atoms with van der Waals surface area (Å²) in [6.07, 6.45) is 1.71. The summed E-state index contributed by atoms with van der Waals surface area (Å²) in [5.41, 5.74) is 2.07. The number of amides is 1. The first-order valence-corrected chi connectivity index (χ1v) is 13.0. The summed E-state index contributed by atoms with van der Waals surface area (Å²) in [7, 11) is -3.89. The topological polar surface area (TPSA) is 99.0 Å². The fourth-order valence-corrected chi connectivity index (χ4v) is 5.81. The molecule has 1 aliphatic rings. The fraction of sp³-hybridized carbons (Fsp3) is 0.120. The Morgan fingerprint density at radius 3 is 2.60 bits per heavy atom. The molecule has 0 saturated carbocycles. The minimum absolute atomic E-state index is 0.105. The Bertz CT molecular complexity index is 1630. The number of rotatable bonds is 6. The Kier molecular flexibility index (Phi) is 5.91. The molecule has 2 heterocycles. The third kappa shape index (κ3) is 4.45. The normalized spacial score (nSPS) is 13.2. The molecule has 5 rings (SSSR count). The van der Waals surface area contributed by atoms with Gasteiger partial charge in [0.25, 0.3) is 15.9 Å². The molecule has 8 nitrogen and oxygen atoms in total. The Labute approximate surface area is 205 Å². The number of anilines is 1. The van der Waals surface area contributed by atoms with E-state index >= 15 is 0 Å². The van der Waals surface area contributed by atoms with Crippen LogP contribution in [0.15, 0.2) is 83.2 Å². The van der Waals surface area contributed by atoms with Crippen molar-refractivity contribution in [1.29, 1.82) is 0 Å². The van der Waals surface area contributed by atoms with Gasteiger partial charge >= 0.3 is 0 Å². The number of hydrogen-bond acceptors (Lipinski definition) is 6. The molecule has 0 spiro atoms.